The summed E-state index contributed by atoms with van der Waals surface area (Å²) >= 11 is 2.26. The van der Waals surface area contributed by atoms with E-state index < -0.39 is 0 Å². The monoisotopic (exact) mass is 391 g/mol. The zero-order valence-corrected chi connectivity index (χ0v) is 14.4. The van der Waals surface area contributed by atoms with Crippen molar-refractivity contribution in [2.75, 3.05) is 6.54 Å². The van der Waals surface area contributed by atoms with E-state index in [1.165, 1.54) is 51.4 Å². The predicted molar refractivity (Wildman–Crippen MR) is 88.1 cm³/mol. The highest BCUT2D eigenvalue weighted by Gasteiger charge is 2.45. The number of ether oxygens (including phenoxy) is 1. The quantitative estimate of drug-likeness (QED) is 0.345. The Hall–Kier alpha value is 0.160. The summed E-state index contributed by atoms with van der Waals surface area (Å²) in [5, 5.41) is 3.24. The molecule has 0 radical (unpaired) electrons. The first kappa shape index (κ1) is 15.1. The maximum absolute atomic E-state index is 12.5. The van der Waals surface area contributed by atoms with Crippen molar-refractivity contribution >= 4 is 28.6 Å². The van der Waals surface area contributed by atoms with E-state index in [4.69, 9.17) is 4.74 Å². The van der Waals surface area contributed by atoms with Gasteiger partial charge in [0, 0.05) is 12.6 Å². The van der Waals surface area contributed by atoms with Crippen LogP contribution in [-0.4, -0.2) is 28.1 Å². The third-order valence-electron chi connectivity index (χ3n) is 5.37. The van der Waals surface area contributed by atoms with Gasteiger partial charge in [-0.25, -0.2) is 0 Å². The number of carbonyl (C=O) groups is 1. The van der Waals surface area contributed by atoms with Crippen LogP contribution in [0.25, 0.3) is 0 Å². The topological polar surface area (TPSA) is 48.2 Å². The van der Waals surface area contributed by atoms with Crippen LogP contribution in [0.1, 0.15) is 64.2 Å². The highest BCUT2D eigenvalue weighted by Crippen LogP contribution is 2.44. The molecule has 2 saturated carbocycles. The molecule has 1 saturated heterocycles. The van der Waals surface area contributed by atoms with Gasteiger partial charge < -0.3 is 10.1 Å². The highest BCUT2D eigenvalue weighted by atomic mass is 127. The Morgan fingerprint density at radius 3 is 2.30 bits per heavy atom. The Kier molecular flexibility index (Phi) is 4.90. The van der Waals surface area contributed by atoms with Crippen molar-refractivity contribution in [3.05, 3.63) is 0 Å². The van der Waals surface area contributed by atoms with Crippen molar-refractivity contribution in [3.63, 3.8) is 0 Å². The SMILES string of the molecule is O=C(OC1(C2CCCCC2)CCCCC1)C(I)C1CN1. The second-order valence-corrected chi connectivity index (χ2v) is 8.14. The Balaban J connectivity index is 1.69. The minimum absolute atomic E-state index is 0.00464. The average Bonchev–Trinajstić information content (AvgIpc) is 3.33. The van der Waals surface area contributed by atoms with Crippen LogP contribution in [0.3, 0.4) is 0 Å². The minimum atomic E-state index is -0.117. The molecule has 0 aromatic rings. The second kappa shape index (κ2) is 6.51. The predicted octanol–water partition coefficient (Wildman–Crippen LogP) is 3.59. The van der Waals surface area contributed by atoms with Crippen molar-refractivity contribution in [1.29, 1.82) is 0 Å². The molecule has 20 heavy (non-hydrogen) atoms. The molecule has 114 valence electrons. The third-order valence-corrected chi connectivity index (χ3v) is 6.75. The van der Waals surface area contributed by atoms with Gasteiger partial charge in [-0.3, -0.25) is 4.79 Å². The van der Waals surface area contributed by atoms with E-state index in [0.717, 1.165) is 19.4 Å². The van der Waals surface area contributed by atoms with E-state index in [2.05, 4.69) is 27.9 Å². The summed E-state index contributed by atoms with van der Waals surface area (Å²) in [6.07, 6.45) is 12.5. The summed E-state index contributed by atoms with van der Waals surface area (Å²) < 4.78 is 6.19. The number of carbonyl (C=O) groups excluding carboxylic acids is 1. The van der Waals surface area contributed by atoms with E-state index in [9.17, 15) is 4.79 Å². The fraction of sp³-hybridized carbons (Fsp3) is 0.938. The molecule has 2 atom stereocenters. The lowest BCUT2D eigenvalue weighted by atomic mass is 9.69. The molecule has 1 heterocycles. The molecule has 3 fully saturated rings. The second-order valence-electron chi connectivity index (χ2n) is 6.80. The van der Waals surface area contributed by atoms with E-state index in [1.54, 1.807) is 0 Å². The number of halogens is 1. The first-order valence-electron chi connectivity index (χ1n) is 8.32. The summed E-state index contributed by atoms with van der Waals surface area (Å²) in [6, 6.07) is 0.357. The largest absolute Gasteiger partial charge is 0.458 e. The van der Waals surface area contributed by atoms with Gasteiger partial charge in [-0.1, -0.05) is 48.3 Å². The van der Waals surface area contributed by atoms with Crippen LogP contribution in [0.15, 0.2) is 0 Å². The fourth-order valence-electron chi connectivity index (χ4n) is 4.07. The van der Waals surface area contributed by atoms with Gasteiger partial charge in [-0.15, -0.1) is 0 Å². The Labute approximate surface area is 135 Å². The van der Waals surface area contributed by atoms with Gasteiger partial charge in [0.1, 0.15) is 9.53 Å². The van der Waals surface area contributed by atoms with Crippen molar-refractivity contribution in [2.45, 2.75) is 79.8 Å². The molecule has 3 nitrogen and oxygen atoms in total. The van der Waals surface area contributed by atoms with Gasteiger partial charge in [0.15, 0.2) is 0 Å². The van der Waals surface area contributed by atoms with Crippen LogP contribution in [-0.2, 0) is 9.53 Å². The lowest BCUT2D eigenvalue weighted by Gasteiger charge is -2.44. The molecule has 3 rings (SSSR count). The minimum Gasteiger partial charge on any atom is -0.458 e. The van der Waals surface area contributed by atoms with E-state index in [-0.39, 0.29) is 15.5 Å². The summed E-state index contributed by atoms with van der Waals surface area (Å²) in [5.74, 6) is 0.657. The Morgan fingerprint density at radius 1 is 1.10 bits per heavy atom. The van der Waals surface area contributed by atoms with Crippen molar-refractivity contribution < 1.29 is 9.53 Å². The summed E-state index contributed by atoms with van der Waals surface area (Å²) in [6.45, 7) is 0.971. The van der Waals surface area contributed by atoms with E-state index in [1.807, 2.05) is 0 Å². The van der Waals surface area contributed by atoms with Gasteiger partial charge in [0.05, 0.1) is 0 Å². The molecule has 1 N–H and O–H groups in total. The molecule has 4 heteroatoms. The molecule has 1 aliphatic heterocycles. The van der Waals surface area contributed by atoms with Crippen LogP contribution in [0, 0.1) is 5.92 Å². The van der Waals surface area contributed by atoms with E-state index >= 15 is 0 Å². The summed E-state index contributed by atoms with van der Waals surface area (Å²) in [4.78, 5) is 12.5. The number of hydrogen-bond acceptors (Lipinski definition) is 3. The fourth-order valence-corrected chi connectivity index (χ4v) is 4.70. The molecule has 0 spiro atoms. The molecule has 0 amide bonds. The van der Waals surface area contributed by atoms with Gasteiger partial charge in [-0.05, 0) is 44.4 Å². The first-order chi connectivity index (χ1) is 9.71. The zero-order chi connectivity index (χ0) is 14.0. The standard InChI is InChI=1S/C16H26INO2/c17-14(13-11-18-13)15(19)20-16(9-5-2-6-10-16)12-7-3-1-4-8-12/h12-14,18H,1-11H2. The zero-order valence-electron chi connectivity index (χ0n) is 12.2. The smallest absolute Gasteiger partial charge is 0.321 e. The van der Waals surface area contributed by atoms with Gasteiger partial charge in [-0.2, -0.15) is 0 Å². The third kappa shape index (κ3) is 3.32. The van der Waals surface area contributed by atoms with Gasteiger partial charge in [0.2, 0.25) is 0 Å². The molecule has 0 aromatic carbocycles. The number of nitrogens with one attached hydrogen (secondary N) is 1. The van der Waals surface area contributed by atoms with Crippen molar-refractivity contribution in [2.24, 2.45) is 5.92 Å². The molecular formula is C16H26INO2. The molecule has 2 unspecified atom stereocenters. The molecule has 0 aromatic heterocycles. The first-order valence-corrected chi connectivity index (χ1v) is 9.56. The van der Waals surface area contributed by atoms with Crippen molar-refractivity contribution in [1.82, 2.24) is 5.32 Å². The van der Waals surface area contributed by atoms with Crippen LogP contribution in [0.5, 0.6) is 0 Å². The normalized spacial score (nSPS) is 31.6. The highest BCUT2D eigenvalue weighted by molar-refractivity contribution is 14.1. The Morgan fingerprint density at radius 2 is 1.70 bits per heavy atom. The van der Waals surface area contributed by atoms with Crippen LogP contribution in [0.2, 0.25) is 0 Å². The number of esters is 1. The summed E-state index contributed by atoms with van der Waals surface area (Å²) in [7, 11) is 0. The van der Waals surface area contributed by atoms with Gasteiger partial charge in [0.25, 0.3) is 0 Å². The summed E-state index contributed by atoms with van der Waals surface area (Å²) in [5.41, 5.74) is -0.117. The maximum Gasteiger partial charge on any atom is 0.321 e. The number of alkyl halides is 1. The lowest BCUT2D eigenvalue weighted by Crippen LogP contribution is -2.47. The van der Waals surface area contributed by atoms with Crippen LogP contribution < -0.4 is 5.32 Å². The average molecular weight is 391 g/mol. The van der Waals surface area contributed by atoms with Crippen LogP contribution in [0.4, 0.5) is 0 Å². The number of hydrogen-bond donors (Lipinski definition) is 1. The molecule has 3 aliphatic rings. The van der Waals surface area contributed by atoms with Crippen LogP contribution >= 0.6 is 22.6 Å². The molecular weight excluding hydrogens is 365 g/mol. The molecule has 0 bridgehead atoms. The number of rotatable bonds is 4. The molecule has 2 aliphatic carbocycles. The van der Waals surface area contributed by atoms with Crippen molar-refractivity contribution in [3.8, 4) is 0 Å². The Bertz CT molecular complexity index is 344. The van der Waals surface area contributed by atoms with E-state index in [0.29, 0.717) is 12.0 Å². The van der Waals surface area contributed by atoms with Gasteiger partial charge >= 0.3 is 5.97 Å². The lowest BCUT2D eigenvalue weighted by molar-refractivity contribution is -0.172. The maximum atomic E-state index is 12.5.